The van der Waals surface area contributed by atoms with Gasteiger partial charge in [-0.2, -0.15) is 18.3 Å². The average Bonchev–Trinajstić information content (AvgIpc) is 3.80. The monoisotopic (exact) mass is 661 g/mol. The van der Waals surface area contributed by atoms with Crippen molar-refractivity contribution in [2.24, 2.45) is 24.8 Å². The summed E-state index contributed by atoms with van der Waals surface area (Å²) in [6, 6.07) is 15.5. The molecule has 252 valence electrons. The molecule has 1 aliphatic heterocycles. The van der Waals surface area contributed by atoms with Crippen LogP contribution in [0.15, 0.2) is 66.9 Å². The van der Waals surface area contributed by atoms with Crippen molar-refractivity contribution in [2.45, 2.75) is 76.2 Å². The molecule has 1 saturated heterocycles. The zero-order chi connectivity index (χ0) is 33.7. The molecule has 2 heterocycles. The lowest BCUT2D eigenvalue weighted by molar-refractivity contribution is -0.174. The molecule has 7 nitrogen and oxygen atoms in total. The highest BCUT2D eigenvalue weighted by Crippen LogP contribution is 2.49. The molecule has 0 radical (unpaired) electrons. The van der Waals surface area contributed by atoms with Crippen molar-refractivity contribution < 1.29 is 27.2 Å². The number of aryl methyl sites for hydroxylation is 2. The number of rotatable bonds is 6. The van der Waals surface area contributed by atoms with Crippen LogP contribution >= 0.6 is 0 Å². The second-order valence-corrected chi connectivity index (χ2v) is 13.7. The molecule has 6 atom stereocenters. The zero-order valence-corrected chi connectivity index (χ0v) is 26.9. The van der Waals surface area contributed by atoms with E-state index in [1.807, 2.05) is 25.2 Å². The minimum atomic E-state index is -4.28. The van der Waals surface area contributed by atoms with Crippen molar-refractivity contribution in [3.8, 4) is 0 Å². The quantitative estimate of drug-likeness (QED) is 0.204. The van der Waals surface area contributed by atoms with E-state index >= 15 is 4.39 Å². The molecule has 2 aliphatic carbocycles. The van der Waals surface area contributed by atoms with E-state index in [1.165, 1.54) is 6.07 Å². The Bertz CT molecular complexity index is 1820. The zero-order valence-electron chi connectivity index (χ0n) is 26.9. The number of piperidine rings is 1. The number of alkyl halides is 3. The van der Waals surface area contributed by atoms with Crippen LogP contribution in [0.4, 0.5) is 28.9 Å². The van der Waals surface area contributed by atoms with Crippen LogP contribution in [-0.4, -0.2) is 44.8 Å². The Morgan fingerprint density at radius 2 is 1.69 bits per heavy atom. The number of halogens is 4. The van der Waals surface area contributed by atoms with Crippen LogP contribution in [0.1, 0.15) is 72.5 Å². The van der Waals surface area contributed by atoms with Gasteiger partial charge in [0, 0.05) is 35.9 Å². The number of nitrogens with one attached hydrogen (secondary N) is 2. The van der Waals surface area contributed by atoms with Crippen molar-refractivity contribution in [1.82, 2.24) is 14.7 Å². The maximum atomic E-state index is 15.3. The largest absolute Gasteiger partial charge is 0.393 e. The highest BCUT2D eigenvalue weighted by atomic mass is 19.4. The molecule has 0 bridgehead atoms. The number of carbonyl (C=O) groups is 2. The number of amides is 2. The molecule has 1 aromatic heterocycles. The first-order valence-corrected chi connectivity index (χ1v) is 16.7. The average molecular weight is 662 g/mol. The van der Waals surface area contributed by atoms with E-state index in [4.69, 9.17) is 0 Å². The Kier molecular flexibility index (Phi) is 8.41. The minimum absolute atomic E-state index is 0.00560. The number of hydrogen-bond donors (Lipinski definition) is 2. The summed E-state index contributed by atoms with van der Waals surface area (Å²) in [4.78, 5) is 30.5. The van der Waals surface area contributed by atoms with E-state index in [9.17, 15) is 22.8 Å². The fourth-order valence-electron chi connectivity index (χ4n) is 8.46. The molecular weight excluding hydrogens is 622 g/mol. The Morgan fingerprint density at radius 3 is 2.44 bits per heavy atom. The van der Waals surface area contributed by atoms with E-state index in [-0.39, 0.29) is 29.9 Å². The fourth-order valence-corrected chi connectivity index (χ4v) is 8.46. The number of likely N-dealkylation sites (tertiary alicyclic amines) is 1. The Labute approximate surface area is 276 Å². The first kappa shape index (κ1) is 32.2. The van der Waals surface area contributed by atoms with Crippen LogP contribution < -0.4 is 10.6 Å². The molecule has 7 rings (SSSR count). The molecule has 0 spiro atoms. The van der Waals surface area contributed by atoms with Gasteiger partial charge in [0.05, 0.1) is 35.2 Å². The smallest absolute Gasteiger partial charge is 0.382 e. The van der Waals surface area contributed by atoms with Crippen LogP contribution in [-0.2, 0) is 11.8 Å². The molecule has 3 unspecified atom stereocenters. The van der Waals surface area contributed by atoms with Gasteiger partial charge in [-0.05, 0) is 92.5 Å². The summed E-state index contributed by atoms with van der Waals surface area (Å²) in [5, 5.41) is 11.3. The van der Waals surface area contributed by atoms with Crippen LogP contribution in [0.3, 0.4) is 0 Å². The van der Waals surface area contributed by atoms with Gasteiger partial charge in [-0.15, -0.1) is 0 Å². The standard InChI is InChI=1S/C37H39F4N5O2/c1-21-6-3-9-29(38)33(21)36(48)46-32-11-4-7-23(32)19-27(35(47)44-26-16-17-31-24(18-26)20-42-45(31)2)34(46)22-12-14-25(15-13-22)43-30-10-5-8-28(30)37(39,40)41/h3,6,9,12-18,20,23,27-28,30,32,34,43H,4-5,7-8,10-11,19H2,1-2H3,(H,44,47)/t23-,27?,28+,30?,32?,34+/m1/s1. The first-order valence-electron chi connectivity index (χ1n) is 16.7. The Balaban J connectivity index is 1.25. The topological polar surface area (TPSA) is 79.3 Å². The lowest BCUT2D eigenvalue weighted by atomic mass is 9.76. The highest BCUT2D eigenvalue weighted by molar-refractivity contribution is 5.99. The maximum Gasteiger partial charge on any atom is 0.393 e. The van der Waals surface area contributed by atoms with Gasteiger partial charge in [-0.1, -0.05) is 37.1 Å². The summed E-state index contributed by atoms with van der Waals surface area (Å²) >= 11 is 0. The molecule has 3 aromatic carbocycles. The molecule has 3 aliphatic rings. The molecule has 2 amide bonds. The third-order valence-corrected chi connectivity index (χ3v) is 10.8. The number of anilines is 2. The van der Waals surface area contributed by atoms with E-state index in [2.05, 4.69) is 15.7 Å². The predicted octanol–water partition coefficient (Wildman–Crippen LogP) is 8.17. The van der Waals surface area contributed by atoms with Crippen molar-refractivity contribution in [1.29, 1.82) is 0 Å². The SMILES string of the molecule is Cc1cccc(F)c1C(=O)N1C2CCC[C@@H]2CC(C(=O)Nc2ccc3c(cnn3C)c2)[C@@H]1c1ccc(NC2CCC[C@@H]2C(F)(F)F)cc1. The van der Waals surface area contributed by atoms with E-state index in [0.29, 0.717) is 41.8 Å². The van der Waals surface area contributed by atoms with E-state index in [0.717, 1.165) is 30.2 Å². The number of carbonyl (C=O) groups excluding carboxylic acids is 2. The van der Waals surface area contributed by atoms with Crippen molar-refractivity contribution in [3.05, 3.63) is 89.4 Å². The summed E-state index contributed by atoms with van der Waals surface area (Å²) in [5.41, 5.74) is 3.25. The predicted molar refractivity (Wildman–Crippen MR) is 176 cm³/mol. The highest BCUT2D eigenvalue weighted by Gasteiger charge is 2.51. The van der Waals surface area contributed by atoms with Gasteiger partial charge in [0.2, 0.25) is 5.91 Å². The Hall–Kier alpha value is -4.41. The second-order valence-electron chi connectivity index (χ2n) is 13.7. The van der Waals surface area contributed by atoms with Gasteiger partial charge in [0.25, 0.3) is 5.91 Å². The fraction of sp³-hybridized carbons (Fsp3) is 0.432. The number of hydrogen-bond acceptors (Lipinski definition) is 4. The van der Waals surface area contributed by atoms with Gasteiger partial charge >= 0.3 is 6.18 Å². The van der Waals surface area contributed by atoms with E-state index < -0.39 is 41.8 Å². The lowest BCUT2D eigenvalue weighted by Crippen LogP contribution is -2.54. The normalized spacial score (nSPS) is 25.7. The van der Waals surface area contributed by atoms with Crippen LogP contribution in [0.5, 0.6) is 0 Å². The third-order valence-electron chi connectivity index (χ3n) is 10.8. The summed E-state index contributed by atoms with van der Waals surface area (Å²) in [6.45, 7) is 1.71. The van der Waals surface area contributed by atoms with Gasteiger partial charge in [-0.3, -0.25) is 14.3 Å². The summed E-state index contributed by atoms with van der Waals surface area (Å²) in [5.74, 6) is -3.32. The summed E-state index contributed by atoms with van der Waals surface area (Å²) < 4.78 is 58.0. The van der Waals surface area contributed by atoms with E-state index in [1.54, 1.807) is 59.1 Å². The minimum Gasteiger partial charge on any atom is -0.382 e. The molecule has 11 heteroatoms. The lowest BCUT2D eigenvalue weighted by Gasteiger charge is -2.48. The maximum absolute atomic E-state index is 15.3. The van der Waals surface area contributed by atoms with Gasteiger partial charge in [0.15, 0.2) is 0 Å². The van der Waals surface area contributed by atoms with Crippen LogP contribution in [0.2, 0.25) is 0 Å². The summed E-state index contributed by atoms with van der Waals surface area (Å²) in [7, 11) is 1.84. The molecule has 4 aromatic rings. The number of fused-ring (bicyclic) bond motifs is 2. The summed E-state index contributed by atoms with van der Waals surface area (Å²) in [6.07, 6.45) is 1.51. The molecular formula is C37H39F4N5O2. The van der Waals surface area contributed by atoms with Crippen LogP contribution in [0, 0.1) is 30.5 Å². The third kappa shape index (κ3) is 5.92. The first-order chi connectivity index (χ1) is 23.0. The molecule has 48 heavy (non-hydrogen) atoms. The Morgan fingerprint density at radius 1 is 0.938 bits per heavy atom. The van der Waals surface area contributed by atoms with Crippen molar-refractivity contribution >= 4 is 34.1 Å². The van der Waals surface area contributed by atoms with Crippen LogP contribution in [0.25, 0.3) is 10.9 Å². The number of nitrogens with zero attached hydrogens (tertiary/aromatic N) is 3. The number of benzene rings is 3. The van der Waals surface area contributed by atoms with Gasteiger partial charge in [-0.25, -0.2) is 4.39 Å². The van der Waals surface area contributed by atoms with Gasteiger partial charge in [0.1, 0.15) is 5.82 Å². The molecule has 2 saturated carbocycles. The second kappa shape index (κ2) is 12.6. The molecule has 2 N–H and O–H groups in total. The number of aromatic nitrogens is 2. The van der Waals surface area contributed by atoms with Crippen molar-refractivity contribution in [2.75, 3.05) is 10.6 Å². The van der Waals surface area contributed by atoms with Gasteiger partial charge < -0.3 is 15.5 Å². The molecule has 3 fully saturated rings. The van der Waals surface area contributed by atoms with Crippen molar-refractivity contribution in [3.63, 3.8) is 0 Å².